The number of H-pyrrole nitrogens is 1. The normalized spacial score (nSPS) is 11.8. The smallest absolute Gasteiger partial charge is 0.194 e. The first kappa shape index (κ1) is 16.5. The summed E-state index contributed by atoms with van der Waals surface area (Å²) in [5.41, 5.74) is 7.68. The lowest BCUT2D eigenvalue weighted by Gasteiger charge is -2.01. The highest BCUT2D eigenvalue weighted by atomic mass is 32.1. The zero-order chi connectivity index (χ0) is 15.8. The number of aromatic amines is 1. The molecule has 2 aromatic rings. The van der Waals surface area contributed by atoms with E-state index in [0.717, 1.165) is 41.7 Å². The fraction of sp³-hybridized carbons (Fsp3) is 0.533. The molecule has 0 spiro atoms. The summed E-state index contributed by atoms with van der Waals surface area (Å²) in [6.07, 6.45) is 7.45. The Balaban J connectivity index is 1.87. The Labute approximate surface area is 135 Å². The second kappa shape index (κ2) is 8.53. The predicted octanol–water partition coefficient (Wildman–Crippen LogP) is 3.40. The molecule has 0 aliphatic heterocycles. The van der Waals surface area contributed by atoms with Crippen LogP contribution in [0.1, 0.15) is 45.4 Å². The minimum Gasteiger partial charge on any atom is -0.370 e. The van der Waals surface area contributed by atoms with Crippen molar-refractivity contribution < 1.29 is 0 Å². The number of hydrogen-bond acceptors (Lipinski definition) is 4. The summed E-state index contributed by atoms with van der Waals surface area (Å²) in [7, 11) is 0. The molecule has 2 rings (SSSR count). The summed E-state index contributed by atoms with van der Waals surface area (Å²) >= 11 is 1.51. The number of guanidine groups is 1. The van der Waals surface area contributed by atoms with Crippen molar-refractivity contribution in [2.75, 3.05) is 11.9 Å². The van der Waals surface area contributed by atoms with Gasteiger partial charge in [-0.05, 0) is 6.42 Å². The van der Waals surface area contributed by atoms with Crippen molar-refractivity contribution in [2.45, 2.75) is 46.0 Å². The SMILES string of the molecule is CCCCCCN=C(N)Nc1nc(-c2cnc(CC)[nH]2)cs1. The fourth-order valence-corrected chi connectivity index (χ4v) is 2.73. The van der Waals surface area contributed by atoms with Gasteiger partial charge in [-0.25, -0.2) is 9.97 Å². The topological polar surface area (TPSA) is 92.0 Å². The van der Waals surface area contributed by atoms with Gasteiger partial charge in [-0.3, -0.25) is 4.99 Å². The standard InChI is InChI=1S/C15H24N6S/c1-3-5-6-7-8-17-14(16)21-15-20-12(10-22-15)11-9-18-13(4-2)19-11/h9-10H,3-8H2,1-2H3,(H,18,19)(H3,16,17,20,21). The molecular formula is C15H24N6S. The third-order valence-corrected chi connectivity index (χ3v) is 4.03. The van der Waals surface area contributed by atoms with E-state index < -0.39 is 0 Å². The third kappa shape index (κ3) is 4.84. The molecule has 0 bridgehead atoms. The maximum absolute atomic E-state index is 5.88. The lowest BCUT2D eigenvalue weighted by molar-refractivity contribution is 0.675. The maximum Gasteiger partial charge on any atom is 0.194 e. The third-order valence-electron chi connectivity index (χ3n) is 3.27. The van der Waals surface area contributed by atoms with Crippen LogP contribution in [-0.2, 0) is 6.42 Å². The first-order chi connectivity index (χ1) is 10.7. The van der Waals surface area contributed by atoms with Gasteiger partial charge in [-0.2, -0.15) is 0 Å². The number of anilines is 1. The fourth-order valence-electron chi connectivity index (χ4n) is 2.01. The number of unbranched alkanes of at least 4 members (excludes halogenated alkanes) is 3. The van der Waals surface area contributed by atoms with E-state index in [9.17, 15) is 0 Å². The van der Waals surface area contributed by atoms with Crippen LogP contribution in [0.25, 0.3) is 11.4 Å². The molecule has 4 N–H and O–H groups in total. The molecule has 7 heteroatoms. The van der Waals surface area contributed by atoms with Crippen LogP contribution in [-0.4, -0.2) is 27.5 Å². The molecule has 0 saturated heterocycles. The van der Waals surface area contributed by atoms with Crippen LogP contribution < -0.4 is 11.1 Å². The quantitative estimate of drug-likeness (QED) is 0.395. The number of thiazole rings is 1. The van der Waals surface area contributed by atoms with Gasteiger partial charge in [0.15, 0.2) is 11.1 Å². The average Bonchev–Trinajstić information content (AvgIpc) is 3.15. The zero-order valence-electron chi connectivity index (χ0n) is 13.2. The van der Waals surface area contributed by atoms with E-state index in [2.05, 4.69) is 39.1 Å². The van der Waals surface area contributed by atoms with E-state index >= 15 is 0 Å². The Morgan fingerprint density at radius 3 is 2.95 bits per heavy atom. The van der Waals surface area contributed by atoms with Crippen LogP contribution in [0.4, 0.5) is 5.13 Å². The van der Waals surface area contributed by atoms with Gasteiger partial charge >= 0.3 is 0 Å². The van der Waals surface area contributed by atoms with Gasteiger partial charge in [0.1, 0.15) is 11.5 Å². The van der Waals surface area contributed by atoms with Crippen molar-refractivity contribution in [2.24, 2.45) is 10.7 Å². The first-order valence-electron chi connectivity index (χ1n) is 7.79. The number of aliphatic imine (C=N–C) groups is 1. The molecule has 2 heterocycles. The molecule has 0 amide bonds. The van der Waals surface area contributed by atoms with Gasteiger partial charge in [0, 0.05) is 18.3 Å². The summed E-state index contributed by atoms with van der Waals surface area (Å²) in [5, 5.41) is 5.77. The molecule has 0 unspecified atom stereocenters. The Kier molecular flexibility index (Phi) is 6.39. The van der Waals surface area contributed by atoms with Crippen LogP contribution in [0.15, 0.2) is 16.6 Å². The van der Waals surface area contributed by atoms with Gasteiger partial charge in [-0.15, -0.1) is 11.3 Å². The van der Waals surface area contributed by atoms with Crippen molar-refractivity contribution >= 4 is 22.4 Å². The second-order valence-electron chi connectivity index (χ2n) is 5.09. The number of nitrogens with two attached hydrogens (primary N) is 1. The molecule has 22 heavy (non-hydrogen) atoms. The van der Waals surface area contributed by atoms with Crippen LogP contribution in [0, 0.1) is 0 Å². The van der Waals surface area contributed by atoms with Crippen molar-refractivity contribution in [3.63, 3.8) is 0 Å². The van der Waals surface area contributed by atoms with E-state index in [1.54, 1.807) is 0 Å². The summed E-state index contributed by atoms with van der Waals surface area (Å²) < 4.78 is 0. The Morgan fingerprint density at radius 1 is 1.36 bits per heavy atom. The van der Waals surface area contributed by atoms with Crippen LogP contribution in [0.3, 0.4) is 0 Å². The van der Waals surface area contributed by atoms with Gasteiger partial charge in [0.2, 0.25) is 0 Å². The van der Waals surface area contributed by atoms with Crippen LogP contribution in [0.5, 0.6) is 0 Å². The summed E-state index contributed by atoms with van der Waals surface area (Å²) in [5.74, 6) is 1.39. The lowest BCUT2D eigenvalue weighted by atomic mass is 10.2. The van der Waals surface area contributed by atoms with E-state index in [-0.39, 0.29) is 0 Å². The Hall–Kier alpha value is -1.89. The number of rotatable bonds is 8. The maximum atomic E-state index is 5.88. The highest BCUT2D eigenvalue weighted by molar-refractivity contribution is 7.14. The molecule has 2 aromatic heterocycles. The molecule has 0 aromatic carbocycles. The van der Waals surface area contributed by atoms with E-state index in [4.69, 9.17) is 5.73 Å². The molecule has 0 radical (unpaired) electrons. The van der Waals surface area contributed by atoms with Crippen molar-refractivity contribution in [1.29, 1.82) is 0 Å². The molecule has 6 nitrogen and oxygen atoms in total. The van der Waals surface area contributed by atoms with Crippen molar-refractivity contribution in [1.82, 2.24) is 15.0 Å². The molecule has 0 fully saturated rings. The molecule has 0 aliphatic carbocycles. The van der Waals surface area contributed by atoms with Gasteiger partial charge in [-0.1, -0.05) is 33.1 Å². The summed E-state index contributed by atoms with van der Waals surface area (Å²) in [4.78, 5) is 16.4. The lowest BCUT2D eigenvalue weighted by Crippen LogP contribution is -2.22. The van der Waals surface area contributed by atoms with E-state index in [0.29, 0.717) is 5.96 Å². The number of hydrogen-bond donors (Lipinski definition) is 3. The number of nitrogens with one attached hydrogen (secondary N) is 2. The molecule has 0 aliphatic rings. The minimum atomic E-state index is 0.427. The second-order valence-corrected chi connectivity index (χ2v) is 5.95. The van der Waals surface area contributed by atoms with Crippen LogP contribution >= 0.6 is 11.3 Å². The van der Waals surface area contributed by atoms with E-state index in [1.807, 2.05) is 11.6 Å². The first-order valence-corrected chi connectivity index (χ1v) is 8.67. The monoisotopic (exact) mass is 320 g/mol. The summed E-state index contributed by atoms with van der Waals surface area (Å²) in [6.45, 7) is 5.02. The number of imidazole rings is 1. The molecule has 120 valence electrons. The zero-order valence-corrected chi connectivity index (χ0v) is 14.0. The van der Waals surface area contributed by atoms with Gasteiger partial charge < -0.3 is 16.0 Å². The molecule has 0 saturated carbocycles. The Bertz CT molecular complexity index is 601. The highest BCUT2D eigenvalue weighted by Gasteiger charge is 2.07. The summed E-state index contributed by atoms with van der Waals surface area (Å²) in [6, 6.07) is 0. The molecule has 0 atom stereocenters. The minimum absolute atomic E-state index is 0.427. The Morgan fingerprint density at radius 2 is 2.23 bits per heavy atom. The van der Waals surface area contributed by atoms with Crippen molar-refractivity contribution in [3.05, 3.63) is 17.4 Å². The van der Waals surface area contributed by atoms with Gasteiger partial charge in [0.05, 0.1) is 11.9 Å². The average molecular weight is 320 g/mol. The number of nitrogens with zero attached hydrogens (tertiary/aromatic N) is 3. The van der Waals surface area contributed by atoms with Crippen LogP contribution in [0.2, 0.25) is 0 Å². The van der Waals surface area contributed by atoms with Gasteiger partial charge in [0.25, 0.3) is 0 Å². The van der Waals surface area contributed by atoms with E-state index in [1.165, 1.54) is 30.6 Å². The number of aromatic nitrogens is 3. The predicted molar refractivity (Wildman–Crippen MR) is 93.3 cm³/mol. The molecular weight excluding hydrogens is 296 g/mol. The van der Waals surface area contributed by atoms with Crippen molar-refractivity contribution in [3.8, 4) is 11.4 Å². The largest absolute Gasteiger partial charge is 0.370 e. The highest BCUT2D eigenvalue weighted by Crippen LogP contribution is 2.23. The number of aryl methyl sites for hydroxylation is 1.